The van der Waals surface area contributed by atoms with Crippen LogP contribution in [0.2, 0.25) is 5.15 Å². The number of thiophene rings is 1. The second kappa shape index (κ2) is 4.96. The maximum Gasteiger partial charge on any atom is 0.131 e. The zero-order valence-electron chi connectivity index (χ0n) is 9.81. The van der Waals surface area contributed by atoms with Gasteiger partial charge in [-0.05, 0) is 12.1 Å². The van der Waals surface area contributed by atoms with Gasteiger partial charge in [0.05, 0.1) is 28.8 Å². The minimum atomic E-state index is 0.421. The van der Waals surface area contributed by atoms with Crippen LogP contribution in [0.5, 0.6) is 0 Å². The lowest BCUT2D eigenvalue weighted by molar-refractivity contribution is 0.518. The quantitative estimate of drug-likeness (QED) is 0.581. The molecule has 1 N–H and O–H groups in total. The number of halogens is 1. The van der Waals surface area contributed by atoms with Crippen molar-refractivity contribution in [3.63, 3.8) is 0 Å². The number of fused-ring (bicyclic) bond motifs is 1. The number of hydrogen-bond donors (Lipinski definition) is 1. The molecule has 0 radical (unpaired) electrons. The fraction of sp³-hybridized carbons (Fsp3) is 0.0714. The van der Waals surface area contributed by atoms with Gasteiger partial charge in [-0.25, -0.2) is 4.98 Å². The smallest absolute Gasteiger partial charge is 0.131 e. The van der Waals surface area contributed by atoms with E-state index >= 15 is 0 Å². The molecule has 3 nitrogen and oxygen atoms in total. The minimum absolute atomic E-state index is 0.421. The average Bonchev–Trinajstić information content (AvgIpc) is 3.04. The molecule has 5 heteroatoms. The van der Waals surface area contributed by atoms with E-state index in [1.54, 1.807) is 23.7 Å². The molecule has 19 heavy (non-hydrogen) atoms. The van der Waals surface area contributed by atoms with E-state index in [1.807, 2.05) is 17.5 Å². The first kappa shape index (κ1) is 12.1. The summed E-state index contributed by atoms with van der Waals surface area (Å²) < 4.78 is 6.29. The Hall–Kier alpha value is -1.96. The van der Waals surface area contributed by atoms with Crippen LogP contribution in [-0.2, 0) is 6.54 Å². The molecule has 0 unspecified atom stereocenters. The molecule has 0 atom stereocenters. The number of aromatic nitrogens is 1. The number of hydrogen-bond acceptors (Lipinski definition) is 4. The molecule has 94 valence electrons. The fourth-order valence-electron chi connectivity index (χ4n) is 1.81. The van der Waals surface area contributed by atoms with Crippen molar-refractivity contribution in [1.29, 1.82) is 0 Å². The molecule has 0 fully saturated rings. The summed E-state index contributed by atoms with van der Waals surface area (Å²) in [4.78, 5) is 4.28. The molecule has 3 heterocycles. The summed E-state index contributed by atoms with van der Waals surface area (Å²) in [5, 5.41) is 5.62. The van der Waals surface area contributed by atoms with Gasteiger partial charge < -0.3 is 9.73 Å². The minimum Gasteiger partial charge on any atom is -0.467 e. The van der Waals surface area contributed by atoms with Gasteiger partial charge >= 0.3 is 0 Å². The standard InChI is InChI=1S/C14H9ClN2OS/c1-2-9-8-19-14-11(6-12(15)17-13(9)14)16-7-10-4-3-5-18-10/h1,3-6,8H,7H2,(H,16,17). The molecule has 0 saturated heterocycles. The van der Waals surface area contributed by atoms with Crippen LogP contribution >= 0.6 is 22.9 Å². The molecule has 0 aliphatic heterocycles. The van der Waals surface area contributed by atoms with E-state index in [9.17, 15) is 0 Å². The van der Waals surface area contributed by atoms with E-state index in [2.05, 4.69) is 16.2 Å². The maximum atomic E-state index is 6.03. The number of rotatable bonds is 3. The van der Waals surface area contributed by atoms with Gasteiger partial charge in [0, 0.05) is 11.4 Å². The largest absolute Gasteiger partial charge is 0.467 e. The highest BCUT2D eigenvalue weighted by Gasteiger charge is 2.10. The van der Waals surface area contributed by atoms with E-state index in [1.165, 1.54) is 0 Å². The number of anilines is 1. The highest BCUT2D eigenvalue weighted by molar-refractivity contribution is 7.18. The highest BCUT2D eigenvalue weighted by atomic mass is 35.5. The lowest BCUT2D eigenvalue weighted by atomic mass is 10.2. The molecule has 3 aromatic heterocycles. The molecule has 0 saturated carbocycles. The van der Waals surface area contributed by atoms with Crippen molar-refractivity contribution in [2.45, 2.75) is 6.54 Å². The molecule has 3 rings (SSSR count). The predicted octanol–water partition coefficient (Wildman–Crippen LogP) is 4.14. The number of pyridine rings is 1. The van der Waals surface area contributed by atoms with Crippen molar-refractivity contribution in [2.75, 3.05) is 5.32 Å². The number of furan rings is 1. The summed E-state index contributed by atoms with van der Waals surface area (Å²) in [6.45, 7) is 0.589. The van der Waals surface area contributed by atoms with Crippen LogP contribution in [0.1, 0.15) is 11.3 Å². The van der Waals surface area contributed by atoms with Crippen LogP contribution in [0.25, 0.3) is 10.2 Å². The third-order valence-electron chi connectivity index (χ3n) is 2.68. The first-order valence-electron chi connectivity index (χ1n) is 5.58. The SMILES string of the molecule is C#Cc1csc2c(NCc3ccco3)cc(Cl)nc12. The molecule has 0 aliphatic carbocycles. The second-order valence-corrected chi connectivity index (χ2v) is 5.16. The van der Waals surface area contributed by atoms with Crippen LogP contribution in [0.3, 0.4) is 0 Å². The Morgan fingerprint density at radius 2 is 2.42 bits per heavy atom. The molecule has 0 aromatic carbocycles. The first-order valence-corrected chi connectivity index (χ1v) is 6.84. The Morgan fingerprint density at radius 1 is 1.53 bits per heavy atom. The third-order valence-corrected chi connectivity index (χ3v) is 3.88. The van der Waals surface area contributed by atoms with Gasteiger partial charge in [0.15, 0.2) is 0 Å². The van der Waals surface area contributed by atoms with Gasteiger partial charge in [-0.1, -0.05) is 17.5 Å². The predicted molar refractivity (Wildman–Crippen MR) is 78.6 cm³/mol. The monoisotopic (exact) mass is 288 g/mol. The number of terminal acetylenes is 1. The molecular weight excluding hydrogens is 280 g/mol. The summed E-state index contributed by atoms with van der Waals surface area (Å²) in [5.74, 6) is 3.47. The summed E-state index contributed by atoms with van der Waals surface area (Å²) >= 11 is 7.59. The topological polar surface area (TPSA) is 38.1 Å². The Balaban J connectivity index is 1.99. The molecule has 0 aliphatic rings. The van der Waals surface area contributed by atoms with Gasteiger partial charge in [-0.15, -0.1) is 17.8 Å². The van der Waals surface area contributed by atoms with Crippen molar-refractivity contribution >= 4 is 38.8 Å². The van der Waals surface area contributed by atoms with Gasteiger partial charge in [0.1, 0.15) is 16.4 Å². The average molecular weight is 289 g/mol. The summed E-state index contributed by atoms with van der Waals surface area (Å²) in [6.07, 6.45) is 7.10. The van der Waals surface area contributed by atoms with Crippen molar-refractivity contribution in [3.8, 4) is 12.3 Å². The fourth-order valence-corrected chi connectivity index (χ4v) is 2.94. The summed E-state index contributed by atoms with van der Waals surface area (Å²) in [6, 6.07) is 5.56. The lowest BCUT2D eigenvalue weighted by Gasteiger charge is -2.06. The summed E-state index contributed by atoms with van der Waals surface area (Å²) in [5.41, 5.74) is 2.45. The summed E-state index contributed by atoms with van der Waals surface area (Å²) in [7, 11) is 0. The zero-order valence-corrected chi connectivity index (χ0v) is 11.4. The van der Waals surface area contributed by atoms with E-state index in [0.29, 0.717) is 11.7 Å². The molecule has 0 bridgehead atoms. The second-order valence-electron chi connectivity index (χ2n) is 3.90. The van der Waals surface area contributed by atoms with Crippen LogP contribution in [-0.4, -0.2) is 4.98 Å². The number of nitrogens with one attached hydrogen (secondary N) is 1. The van der Waals surface area contributed by atoms with Gasteiger partial charge in [0.2, 0.25) is 0 Å². The Labute approximate surface area is 119 Å². The van der Waals surface area contributed by atoms with E-state index in [4.69, 9.17) is 22.4 Å². The van der Waals surface area contributed by atoms with Crippen molar-refractivity contribution in [2.24, 2.45) is 0 Å². The zero-order chi connectivity index (χ0) is 13.2. The molecule has 0 spiro atoms. The van der Waals surface area contributed by atoms with Gasteiger partial charge in [-0.2, -0.15) is 0 Å². The molecule has 0 amide bonds. The van der Waals surface area contributed by atoms with E-state index in [0.717, 1.165) is 27.2 Å². The van der Waals surface area contributed by atoms with Crippen molar-refractivity contribution in [1.82, 2.24) is 4.98 Å². The highest BCUT2D eigenvalue weighted by Crippen LogP contribution is 2.33. The van der Waals surface area contributed by atoms with Gasteiger partial charge in [0.25, 0.3) is 0 Å². The first-order chi connectivity index (χ1) is 9.28. The van der Waals surface area contributed by atoms with E-state index < -0.39 is 0 Å². The Kier molecular flexibility index (Phi) is 3.16. The maximum absolute atomic E-state index is 6.03. The molecular formula is C14H9ClN2OS. The normalized spacial score (nSPS) is 10.5. The van der Waals surface area contributed by atoms with Crippen LogP contribution in [0.4, 0.5) is 5.69 Å². The van der Waals surface area contributed by atoms with Crippen molar-refractivity contribution in [3.05, 3.63) is 46.3 Å². The van der Waals surface area contributed by atoms with Crippen LogP contribution in [0, 0.1) is 12.3 Å². The lowest BCUT2D eigenvalue weighted by Crippen LogP contribution is -1.98. The third kappa shape index (κ3) is 2.30. The Bertz CT molecular complexity index is 756. The van der Waals surface area contributed by atoms with Crippen LogP contribution in [0.15, 0.2) is 34.3 Å². The Morgan fingerprint density at radius 3 is 3.16 bits per heavy atom. The number of nitrogens with zero attached hydrogens (tertiary/aromatic N) is 1. The van der Waals surface area contributed by atoms with E-state index in [-0.39, 0.29) is 0 Å². The van der Waals surface area contributed by atoms with Crippen LogP contribution < -0.4 is 5.32 Å². The molecule has 3 aromatic rings. The van der Waals surface area contributed by atoms with Crippen molar-refractivity contribution < 1.29 is 4.42 Å². The van der Waals surface area contributed by atoms with Gasteiger partial charge in [-0.3, -0.25) is 0 Å².